The highest BCUT2D eigenvalue weighted by Gasteiger charge is 2.17. The van der Waals surface area contributed by atoms with Crippen molar-refractivity contribution in [2.75, 3.05) is 4.90 Å². The van der Waals surface area contributed by atoms with E-state index in [1.54, 1.807) is 0 Å². The number of hydrogen-bond acceptors (Lipinski definition) is 2. The van der Waals surface area contributed by atoms with Crippen molar-refractivity contribution < 1.29 is 4.42 Å². The van der Waals surface area contributed by atoms with Crippen LogP contribution in [0.3, 0.4) is 0 Å². The van der Waals surface area contributed by atoms with E-state index in [2.05, 4.69) is 157 Å². The normalized spacial score (nSPS) is 11.3. The predicted molar refractivity (Wildman–Crippen MR) is 177 cm³/mol. The van der Waals surface area contributed by atoms with E-state index in [0.717, 1.165) is 39.0 Å². The first-order valence-electron chi connectivity index (χ1n) is 14.3. The minimum atomic E-state index is 0.892. The average molecular weight is 538 g/mol. The Labute approximate surface area is 244 Å². The quantitative estimate of drug-likeness (QED) is 0.217. The number of fused-ring (bicyclic) bond motifs is 4. The number of benzene rings is 7. The van der Waals surface area contributed by atoms with E-state index in [1.807, 2.05) is 12.1 Å². The van der Waals surface area contributed by atoms with Gasteiger partial charge in [0, 0.05) is 27.8 Å². The Morgan fingerprint density at radius 3 is 1.74 bits per heavy atom. The van der Waals surface area contributed by atoms with Crippen LogP contribution in [-0.4, -0.2) is 0 Å². The monoisotopic (exact) mass is 537 g/mol. The third-order valence-electron chi connectivity index (χ3n) is 8.02. The van der Waals surface area contributed by atoms with Gasteiger partial charge in [-0.25, -0.2) is 0 Å². The Morgan fingerprint density at radius 1 is 0.333 bits per heavy atom. The molecule has 1 heterocycles. The summed E-state index contributed by atoms with van der Waals surface area (Å²) in [6.07, 6.45) is 0. The maximum Gasteiger partial charge on any atom is 0.135 e. The van der Waals surface area contributed by atoms with E-state index in [1.165, 1.54) is 33.0 Å². The first-order valence-corrected chi connectivity index (χ1v) is 14.3. The van der Waals surface area contributed by atoms with Crippen LogP contribution in [-0.2, 0) is 0 Å². The Hall–Kier alpha value is -5.60. The summed E-state index contributed by atoms with van der Waals surface area (Å²) in [4.78, 5) is 2.35. The van der Waals surface area contributed by atoms with Crippen LogP contribution < -0.4 is 4.90 Å². The van der Waals surface area contributed by atoms with Crippen molar-refractivity contribution in [1.82, 2.24) is 0 Å². The molecule has 2 heteroatoms. The summed E-state index contributed by atoms with van der Waals surface area (Å²) in [7, 11) is 0. The Kier molecular flexibility index (Phi) is 5.82. The van der Waals surface area contributed by atoms with Crippen LogP contribution in [0.5, 0.6) is 0 Å². The minimum absolute atomic E-state index is 0.892. The molecule has 0 amide bonds. The molecule has 0 N–H and O–H groups in total. The zero-order valence-electron chi connectivity index (χ0n) is 22.9. The van der Waals surface area contributed by atoms with Crippen molar-refractivity contribution in [2.45, 2.75) is 0 Å². The van der Waals surface area contributed by atoms with Gasteiger partial charge < -0.3 is 9.32 Å². The molecule has 1 aromatic heterocycles. The van der Waals surface area contributed by atoms with Crippen LogP contribution in [0.1, 0.15) is 0 Å². The van der Waals surface area contributed by atoms with Gasteiger partial charge in [-0.05, 0) is 87.6 Å². The molecule has 0 fully saturated rings. The van der Waals surface area contributed by atoms with Crippen molar-refractivity contribution in [2.24, 2.45) is 0 Å². The minimum Gasteiger partial charge on any atom is -0.456 e. The molecule has 8 rings (SSSR count). The van der Waals surface area contributed by atoms with Gasteiger partial charge in [0.15, 0.2) is 0 Å². The van der Waals surface area contributed by atoms with Crippen molar-refractivity contribution in [3.05, 3.63) is 164 Å². The molecular weight excluding hydrogens is 510 g/mol. The first kappa shape index (κ1) is 24.2. The fraction of sp³-hybridized carbons (Fsp3) is 0. The Balaban J connectivity index is 1.31. The molecule has 0 saturated carbocycles. The van der Waals surface area contributed by atoms with Gasteiger partial charge in [-0.2, -0.15) is 0 Å². The molecule has 0 radical (unpaired) electrons. The number of anilines is 3. The third-order valence-corrected chi connectivity index (χ3v) is 8.02. The number of hydrogen-bond donors (Lipinski definition) is 0. The summed E-state index contributed by atoms with van der Waals surface area (Å²) in [5.74, 6) is 0. The molecule has 0 aliphatic carbocycles. The highest BCUT2D eigenvalue weighted by molar-refractivity contribution is 6.06. The molecule has 0 bridgehead atoms. The number of rotatable bonds is 5. The maximum absolute atomic E-state index is 6.17. The summed E-state index contributed by atoms with van der Waals surface area (Å²) in [5, 5.41) is 4.72. The first-order chi connectivity index (χ1) is 20.8. The summed E-state index contributed by atoms with van der Waals surface area (Å²) >= 11 is 0. The lowest BCUT2D eigenvalue weighted by molar-refractivity contribution is 0.669. The molecule has 0 saturated heterocycles. The van der Waals surface area contributed by atoms with Crippen molar-refractivity contribution >= 4 is 49.8 Å². The molecule has 42 heavy (non-hydrogen) atoms. The zero-order chi connectivity index (χ0) is 27.9. The fourth-order valence-corrected chi connectivity index (χ4v) is 5.95. The molecule has 0 atom stereocenters. The van der Waals surface area contributed by atoms with E-state index in [4.69, 9.17) is 4.42 Å². The second-order valence-corrected chi connectivity index (χ2v) is 10.6. The molecule has 0 unspecified atom stereocenters. The van der Waals surface area contributed by atoms with Crippen LogP contribution >= 0.6 is 0 Å². The highest BCUT2D eigenvalue weighted by Crippen LogP contribution is 2.41. The Bertz CT molecular complexity index is 2210. The average Bonchev–Trinajstić information content (AvgIpc) is 3.43. The second kappa shape index (κ2) is 10.1. The van der Waals surface area contributed by atoms with Gasteiger partial charge in [-0.1, -0.05) is 109 Å². The SMILES string of the molecule is c1ccc(-c2cccc(N(c3cccc(-c4ccc5ccccc5c4)c3)c3ccc4oc5ccccc5c4c3)c2)cc1. The van der Waals surface area contributed by atoms with Gasteiger partial charge in [-0.15, -0.1) is 0 Å². The van der Waals surface area contributed by atoms with Gasteiger partial charge in [-0.3, -0.25) is 0 Å². The molecular formula is C40H27NO. The van der Waals surface area contributed by atoms with E-state index in [9.17, 15) is 0 Å². The molecule has 198 valence electrons. The lowest BCUT2D eigenvalue weighted by Gasteiger charge is -2.26. The van der Waals surface area contributed by atoms with E-state index in [-0.39, 0.29) is 0 Å². The summed E-state index contributed by atoms with van der Waals surface area (Å²) in [6, 6.07) is 58.1. The summed E-state index contributed by atoms with van der Waals surface area (Å²) in [6.45, 7) is 0. The van der Waals surface area contributed by atoms with Crippen molar-refractivity contribution in [3.8, 4) is 22.3 Å². The molecule has 0 spiro atoms. The van der Waals surface area contributed by atoms with Crippen LogP contribution in [0.4, 0.5) is 17.1 Å². The smallest absolute Gasteiger partial charge is 0.135 e. The second-order valence-electron chi connectivity index (χ2n) is 10.6. The third kappa shape index (κ3) is 4.31. The summed E-state index contributed by atoms with van der Waals surface area (Å²) < 4.78 is 6.17. The van der Waals surface area contributed by atoms with Gasteiger partial charge in [0.1, 0.15) is 11.2 Å². The van der Waals surface area contributed by atoms with Crippen LogP contribution in [0, 0.1) is 0 Å². The van der Waals surface area contributed by atoms with E-state index in [0.29, 0.717) is 0 Å². The van der Waals surface area contributed by atoms with Crippen LogP contribution in [0.2, 0.25) is 0 Å². The van der Waals surface area contributed by atoms with Crippen molar-refractivity contribution in [1.29, 1.82) is 0 Å². The molecule has 0 aliphatic heterocycles. The maximum atomic E-state index is 6.17. The zero-order valence-corrected chi connectivity index (χ0v) is 22.9. The number of nitrogens with zero attached hydrogens (tertiary/aromatic N) is 1. The summed E-state index contributed by atoms with van der Waals surface area (Å²) in [5.41, 5.74) is 9.82. The van der Waals surface area contributed by atoms with E-state index >= 15 is 0 Å². The lowest BCUT2D eigenvalue weighted by atomic mass is 10.00. The Morgan fingerprint density at radius 2 is 0.929 bits per heavy atom. The molecule has 7 aromatic carbocycles. The number of furan rings is 1. The predicted octanol–water partition coefficient (Wildman–Crippen LogP) is 11.5. The van der Waals surface area contributed by atoms with Gasteiger partial charge >= 0.3 is 0 Å². The van der Waals surface area contributed by atoms with Gasteiger partial charge in [0.05, 0.1) is 0 Å². The lowest BCUT2D eigenvalue weighted by Crippen LogP contribution is -2.10. The number of para-hydroxylation sites is 1. The molecule has 2 nitrogen and oxygen atoms in total. The van der Waals surface area contributed by atoms with Gasteiger partial charge in [0.25, 0.3) is 0 Å². The van der Waals surface area contributed by atoms with Gasteiger partial charge in [0.2, 0.25) is 0 Å². The standard InChI is InChI=1S/C40H27NO/c1-2-10-28(11-3-1)31-14-8-16-34(25-31)41(36-22-23-40-38(27-36)37-18-6-7-19-39(37)42-40)35-17-9-15-32(26-35)33-21-20-29-12-4-5-13-30(29)24-33/h1-27H. The fourth-order valence-electron chi connectivity index (χ4n) is 5.95. The van der Waals surface area contributed by atoms with Crippen LogP contribution in [0.15, 0.2) is 168 Å². The molecule has 0 aliphatic rings. The largest absolute Gasteiger partial charge is 0.456 e. The van der Waals surface area contributed by atoms with Crippen molar-refractivity contribution in [3.63, 3.8) is 0 Å². The van der Waals surface area contributed by atoms with E-state index < -0.39 is 0 Å². The topological polar surface area (TPSA) is 16.4 Å². The van der Waals surface area contributed by atoms with Crippen LogP contribution in [0.25, 0.3) is 55.0 Å². The molecule has 8 aromatic rings. The highest BCUT2D eigenvalue weighted by atomic mass is 16.3.